The van der Waals surface area contributed by atoms with E-state index in [4.69, 9.17) is 0 Å². The van der Waals surface area contributed by atoms with E-state index in [9.17, 15) is 0 Å². The van der Waals surface area contributed by atoms with Crippen LogP contribution in [0.3, 0.4) is 0 Å². The van der Waals surface area contributed by atoms with Crippen molar-refractivity contribution >= 4 is 45.2 Å². The molecule has 18 heavy (non-hydrogen) atoms. The number of rotatable bonds is 2. The van der Waals surface area contributed by atoms with Crippen molar-refractivity contribution in [2.24, 2.45) is 0 Å². The molecule has 0 saturated carbocycles. The van der Waals surface area contributed by atoms with Gasteiger partial charge in [0.15, 0.2) is 0 Å². The molecule has 0 N–H and O–H groups in total. The highest BCUT2D eigenvalue weighted by Gasteiger charge is 1.91. The van der Waals surface area contributed by atoms with Crippen LogP contribution in [-0.4, -0.2) is 0 Å². The molecule has 0 aromatic heterocycles. The fourth-order valence-electron chi connectivity index (χ4n) is 1.51. The highest BCUT2D eigenvalue weighted by Crippen LogP contribution is 2.10. The number of halogens is 2. The zero-order valence-electron chi connectivity index (χ0n) is 10.8. The van der Waals surface area contributed by atoms with Gasteiger partial charge in [0.1, 0.15) is 0 Å². The average Bonchev–Trinajstić information content (AvgIpc) is 2.41. The van der Waals surface area contributed by atoms with Crippen LogP contribution in [0.1, 0.15) is 25.0 Å². The van der Waals surface area contributed by atoms with Gasteiger partial charge < -0.3 is 0 Å². The Hall–Kier alpha value is -0.100. The van der Waals surface area contributed by atoms with Crippen molar-refractivity contribution < 1.29 is 0 Å². The molecule has 0 aliphatic rings. The zero-order chi connectivity index (χ0) is 13.4. The third-order valence-electron chi connectivity index (χ3n) is 2.66. The molecule has 0 aliphatic carbocycles. The molecule has 2 rings (SSSR count). The predicted octanol–water partition coefficient (Wildman–Crippen LogP) is 5.71. The molecule has 0 radical (unpaired) electrons. The second-order valence-corrected chi connectivity index (χ2v) is 6.33. The number of benzene rings is 2. The van der Waals surface area contributed by atoms with E-state index in [1.54, 1.807) is 0 Å². The first kappa shape index (κ1) is 16.0. The van der Waals surface area contributed by atoms with Crippen molar-refractivity contribution in [1.29, 1.82) is 0 Å². The van der Waals surface area contributed by atoms with Crippen LogP contribution < -0.4 is 0 Å². The van der Waals surface area contributed by atoms with E-state index < -0.39 is 0 Å². The van der Waals surface area contributed by atoms with Gasteiger partial charge in [0.25, 0.3) is 0 Å². The molecule has 0 saturated heterocycles. The topological polar surface area (TPSA) is 0 Å². The maximum atomic E-state index is 2.36. The van der Waals surface area contributed by atoms with Crippen LogP contribution in [0.15, 0.2) is 48.5 Å². The Kier molecular flexibility index (Phi) is 7.90. The van der Waals surface area contributed by atoms with Crippen molar-refractivity contribution in [3.63, 3.8) is 0 Å². The first-order chi connectivity index (χ1) is 8.67. The monoisotopic (exact) mass is 464 g/mol. The lowest BCUT2D eigenvalue weighted by Crippen LogP contribution is -1.82. The summed E-state index contributed by atoms with van der Waals surface area (Å²) in [5.41, 5.74) is 2.86. The summed E-state index contributed by atoms with van der Waals surface area (Å²) in [6, 6.07) is 17.1. The molecular weight excluding hydrogens is 446 g/mol. The lowest BCUT2D eigenvalue weighted by Gasteiger charge is -1.96. The Balaban J connectivity index is 0.000000180. The highest BCUT2D eigenvalue weighted by atomic mass is 127. The van der Waals surface area contributed by atoms with Crippen LogP contribution in [0, 0.1) is 7.14 Å². The standard InChI is InChI=1S/2C8H9I/c1-2-7-3-5-8(9)6-4-7;1-2-7-5-3-4-6-8(7)9/h2*3-6H,2H2,1H3. The third kappa shape index (κ3) is 5.69. The van der Waals surface area contributed by atoms with Crippen molar-refractivity contribution in [3.8, 4) is 0 Å². The fraction of sp³-hybridized carbons (Fsp3) is 0.250. The second-order valence-electron chi connectivity index (χ2n) is 3.92. The molecule has 0 atom stereocenters. The smallest absolute Gasteiger partial charge is 0.0162 e. The molecule has 0 fully saturated rings. The quantitative estimate of drug-likeness (QED) is 0.500. The molecule has 0 nitrogen and oxygen atoms in total. The van der Waals surface area contributed by atoms with Gasteiger partial charge in [0.05, 0.1) is 0 Å². The molecular formula is C16H18I2. The predicted molar refractivity (Wildman–Crippen MR) is 97.1 cm³/mol. The molecule has 0 spiro atoms. The number of hydrogen-bond acceptors (Lipinski definition) is 0. The Morgan fingerprint density at radius 1 is 0.778 bits per heavy atom. The van der Waals surface area contributed by atoms with E-state index in [-0.39, 0.29) is 0 Å². The van der Waals surface area contributed by atoms with E-state index in [2.05, 4.69) is 108 Å². The van der Waals surface area contributed by atoms with Gasteiger partial charge in [-0.25, -0.2) is 0 Å². The van der Waals surface area contributed by atoms with Crippen LogP contribution in [0.5, 0.6) is 0 Å². The van der Waals surface area contributed by atoms with Gasteiger partial charge in [-0.3, -0.25) is 0 Å². The lowest BCUT2D eigenvalue weighted by molar-refractivity contribution is 1.13. The summed E-state index contributed by atoms with van der Waals surface area (Å²) in [5.74, 6) is 0. The Bertz CT molecular complexity index is 461. The third-order valence-corrected chi connectivity index (χ3v) is 4.43. The van der Waals surface area contributed by atoms with Gasteiger partial charge in [-0.15, -0.1) is 0 Å². The van der Waals surface area contributed by atoms with E-state index in [1.807, 2.05) is 0 Å². The van der Waals surface area contributed by atoms with Gasteiger partial charge >= 0.3 is 0 Å². The summed E-state index contributed by atoms with van der Waals surface area (Å²) in [4.78, 5) is 0. The summed E-state index contributed by atoms with van der Waals surface area (Å²) < 4.78 is 2.68. The maximum absolute atomic E-state index is 2.36. The first-order valence-corrected chi connectivity index (χ1v) is 8.31. The van der Waals surface area contributed by atoms with Gasteiger partial charge in [0.2, 0.25) is 0 Å². The minimum Gasteiger partial charge on any atom is -0.0619 e. The Morgan fingerprint density at radius 3 is 1.83 bits per heavy atom. The first-order valence-electron chi connectivity index (χ1n) is 6.15. The maximum Gasteiger partial charge on any atom is 0.0162 e. The summed E-state index contributed by atoms with van der Waals surface area (Å²) in [5, 5.41) is 0. The Labute approximate surface area is 137 Å². The molecule has 96 valence electrons. The molecule has 0 aliphatic heterocycles. The van der Waals surface area contributed by atoms with Crippen molar-refractivity contribution in [3.05, 3.63) is 66.8 Å². The number of hydrogen-bond donors (Lipinski definition) is 0. The Morgan fingerprint density at radius 2 is 1.39 bits per heavy atom. The number of aryl methyl sites for hydroxylation is 2. The van der Waals surface area contributed by atoms with E-state index >= 15 is 0 Å². The zero-order valence-corrected chi connectivity index (χ0v) is 15.1. The van der Waals surface area contributed by atoms with Crippen LogP contribution in [0.2, 0.25) is 0 Å². The molecule has 2 heteroatoms. The summed E-state index contributed by atoms with van der Waals surface area (Å²) >= 11 is 4.67. The van der Waals surface area contributed by atoms with Crippen LogP contribution in [0.4, 0.5) is 0 Å². The molecule has 2 aromatic rings. The van der Waals surface area contributed by atoms with Crippen molar-refractivity contribution in [1.82, 2.24) is 0 Å². The molecule has 2 aromatic carbocycles. The SMILES string of the molecule is CCc1ccc(I)cc1.CCc1ccccc1I. The van der Waals surface area contributed by atoms with E-state index in [0.717, 1.165) is 12.8 Å². The average molecular weight is 464 g/mol. The van der Waals surface area contributed by atoms with Gasteiger partial charge in [-0.2, -0.15) is 0 Å². The second kappa shape index (κ2) is 8.91. The minimum absolute atomic E-state index is 1.14. The normalized spacial score (nSPS) is 9.56. The van der Waals surface area contributed by atoms with Crippen LogP contribution >= 0.6 is 45.2 Å². The molecule has 0 amide bonds. The lowest BCUT2D eigenvalue weighted by atomic mass is 10.2. The summed E-state index contributed by atoms with van der Waals surface area (Å²) in [7, 11) is 0. The van der Waals surface area contributed by atoms with E-state index in [0.29, 0.717) is 0 Å². The van der Waals surface area contributed by atoms with Gasteiger partial charge in [-0.1, -0.05) is 44.2 Å². The van der Waals surface area contributed by atoms with Crippen LogP contribution in [-0.2, 0) is 12.8 Å². The molecule has 0 heterocycles. The largest absolute Gasteiger partial charge is 0.0619 e. The van der Waals surface area contributed by atoms with Gasteiger partial charge in [-0.05, 0) is 87.3 Å². The van der Waals surface area contributed by atoms with E-state index in [1.165, 1.54) is 18.3 Å². The summed E-state index contributed by atoms with van der Waals surface area (Å²) in [6.07, 6.45) is 2.27. The van der Waals surface area contributed by atoms with Crippen LogP contribution in [0.25, 0.3) is 0 Å². The van der Waals surface area contributed by atoms with Crippen molar-refractivity contribution in [2.45, 2.75) is 26.7 Å². The molecule has 0 bridgehead atoms. The summed E-state index contributed by atoms with van der Waals surface area (Å²) in [6.45, 7) is 4.35. The van der Waals surface area contributed by atoms with Crippen molar-refractivity contribution in [2.75, 3.05) is 0 Å². The fourth-order valence-corrected chi connectivity index (χ4v) is 2.63. The minimum atomic E-state index is 1.14. The van der Waals surface area contributed by atoms with Gasteiger partial charge in [0, 0.05) is 7.14 Å². The molecule has 0 unspecified atom stereocenters. The highest BCUT2D eigenvalue weighted by molar-refractivity contribution is 14.1.